The van der Waals surface area contributed by atoms with Gasteiger partial charge in [-0.1, -0.05) is 31.5 Å². The maximum Gasteiger partial charge on any atom is 0.339 e. The second-order valence-corrected chi connectivity index (χ2v) is 10.8. The molecular formula is C26H26ClN3O4S2. The lowest BCUT2D eigenvalue weighted by atomic mass is 10.0. The third kappa shape index (κ3) is 6.22. The zero-order chi connectivity index (χ0) is 25.7. The van der Waals surface area contributed by atoms with Crippen LogP contribution in [0, 0.1) is 5.92 Å². The Kier molecular flexibility index (Phi) is 8.58. The van der Waals surface area contributed by atoms with Crippen LogP contribution in [0.1, 0.15) is 29.1 Å². The van der Waals surface area contributed by atoms with E-state index >= 15 is 0 Å². The molecule has 0 aliphatic carbocycles. The summed E-state index contributed by atoms with van der Waals surface area (Å²) in [5, 5.41) is 16.0. The Morgan fingerprint density at radius 3 is 2.69 bits per heavy atom. The first-order chi connectivity index (χ1) is 17.4. The van der Waals surface area contributed by atoms with Crippen molar-refractivity contribution in [2.75, 3.05) is 25.6 Å². The van der Waals surface area contributed by atoms with E-state index in [1.54, 1.807) is 19.4 Å². The highest BCUT2D eigenvalue weighted by molar-refractivity contribution is 7.16. The fourth-order valence-electron chi connectivity index (χ4n) is 3.55. The number of aromatic carboxylic acids is 1. The molecule has 0 saturated heterocycles. The van der Waals surface area contributed by atoms with Gasteiger partial charge in [0, 0.05) is 34.2 Å². The molecule has 0 amide bonds. The van der Waals surface area contributed by atoms with Crippen LogP contribution in [0.25, 0.3) is 21.7 Å². The maximum atomic E-state index is 12.0. The Labute approximate surface area is 222 Å². The first kappa shape index (κ1) is 26.1. The second kappa shape index (κ2) is 11.8. The monoisotopic (exact) mass is 543 g/mol. The summed E-state index contributed by atoms with van der Waals surface area (Å²) in [4.78, 5) is 23.3. The van der Waals surface area contributed by atoms with Crippen molar-refractivity contribution in [2.45, 2.75) is 20.3 Å². The largest absolute Gasteiger partial charge is 0.490 e. The number of carboxylic acids is 1. The number of halogens is 1. The molecule has 4 aromatic rings. The van der Waals surface area contributed by atoms with E-state index in [0.29, 0.717) is 35.0 Å². The van der Waals surface area contributed by atoms with Crippen LogP contribution in [0.4, 0.5) is 10.9 Å². The number of nitrogens with one attached hydrogen (secondary N) is 1. The zero-order valence-electron chi connectivity index (χ0n) is 20.1. The van der Waals surface area contributed by atoms with E-state index in [9.17, 15) is 9.90 Å². The zero-order valence-corrected chi connectivity index (χ0v) is 22.5. The smallest absolute Gasteiger partial charge is 0.339 e. The minimum absolute atomic E-state index is 0.0867. The first-order valence-electron chi connectivity index (χ1n) is 11.3. The number of rotatable bonds is 11. The van der Waals surface area contributed by atoms with E-state index in [1.165, 1.54) is 22.7 Å². The molecule has 0 aliphatic heterocycles. The molecule has 0 spiro atoms. The lowest BCUT2D eigenvalue weighted by Gasteiger charge is -2.10. The molecule has 10 heteroatoms. The molecule has 0 aliphatic rings. The molecule has 36 heavy (non-hydrogen) atoms. The number of carboxylic acid groups (broad SMARTS) is 1. The normalized spacial score (nSPS) is 11.1. The lowest BCUT2D eigenvalue weighted by Crippen LogP contribution is -2.05. The molecular weight excluding hydrogens is 518 g/mol. The van der Waals surface area contributed by atoms with Gasteiger partial charge in [-0.3, -0.25) is 0 Å². The summed E-state index contributed by atoms with van der Waals surface area (Å²) in [5.74, 6) is 0.178. The Balaban J connectivity index is 1.65. The number of hydrogen-bond acceptors (Lipinski definition) is 8. The number of methoxy groups -OCH3 is 1. The molecule has 1 aromatic carbocycles. The number of ether oxygens (including phenoxy) is 2. The van der Waals surface area contributed by atoms with E-state index in [0.717, 1.165) is 33.0 Å². The van der Waals surface area contributed by atoms with Crippen molar-refractivity contribution in [3.63, 3.8) is 0 Å². The summed E-state index contributed by atoms with van der Waals surface area (Å²) in [6, 6.07) is 11.1. The fraction of sp³-hybridized carbons (Fsp3) is 0.269. The van der Waals surface area contributed by atoms with Crippen LogP contribution in [-0.2, 0) is 11.2 Å². The van der Waals surface area contributed by atoms with Gasteiger partial charge in [-0.05, 0) is 48.1 Å². The Bertz CT molecular complexity index is 1340. The summed E-state index contributed by atoms with van der Waals surface area (Å²) in [6.07, 6.45) is 2.49. The van der Waals surface area contributed by atoms with E-state index in [4.69, 9.17) is 26.1 Å². The molecule has 0 radical (unpaired) electrons. The average molecular weight is 544 g/mol. The van der Waals surface area contributed by atoms with Crippen molar-refractivity contribution in [2.24, 2.45) is 5.92 Å². The van der Waals surface area contributed by atoms with Crippen molar-refractivity contribution < 1.29 is 19.4 Å². The summed E-state index contributed by atoms with van der Waals surface area (Å²) in [7, 11) is 1.62. The number of thiophene rings is 1. The van der Waals surface area contributed by atoms with E-state index < -0.39 is 5.97 Å². The highest BCUT2D eigenvalue weighted by Crippen LogP contribution is 2.38. The predicted molar refractivity (Wildman–Crippen MR) is 146 cm³/mol. The van der Waals surface area contributed by atoms with Crippen molar-refractivity contribution in [3.8, 4) is 27.4 Å². The number of nitrogens with zero attached hydrogens (tertiary/aromatic N) is 2. The van der Waals surface area contributed by atoms with Gasteiger partial charge in [-0.15, -0.1) is 22.7 Å². The standard InChI is InChI=1S/C26H26ClN3O4S2/c1-15(2)11-22-23(16-6-7-20(19(27)13-16)34-9-8-33-3)29-26(36-22)30-24-18(25(31)32)12-17(14-28-24)21-5-4-10-35-21/h4-7,10,12-15H,8-9,11H2,1-3H3,(H,31,32)(H,28,29,30). The van der Waals surface area contributed by atoms with Crippen LogP contribution in [0.5, 0.6) is 5.75 Å². The Morgan fingerprint density at radius 1 is 1.19 bits per heavy atom. The summed E-state index contributed by atoms with van der Waals surface area (Å²) in [6.45, 7) is 5.16. The number of benzene rings is 1. The topological polar surface area (TPSA) is 93.6 Å². The van der Waals surface area contributed by atoms with Gasteiger partial charge in [0.15, 0.2) is 5.13 Å². The van der Waals surface area contributed by atoms with Crippen LogP contribution >= 0.6 is 34.3 Å². The molecule has 0 bridgehead atoms. The Morgan fingerprint density at radius 2 is 2.03 bits per heavy atom. The number of carbonyl (C=O) groups is 1. The number of hydrogen-bond donors (Lipinski definition) is 2. The van der Waals surface area contributed by atoms with Crippen LogP contribution in [-0.4, -0.2) is 41.4 Å². The van der Waals surface area contributed by atoms with Crippen LogP contribution in [0.15, 0.2) is 48.0 Å². The summed E-state index contributed by atoms with van der Waals surface area (Å²) >= 11 is 9.50. The molecule has 188 valence electrons. The van der Waals surface area contributed by atoms with E-state index in [-0.39, 0.29) is 11.4 Å². The minimum Gasteiger partial charge on any atom is -0.490 e. The minimum atomic E-state index is -1.06. The van der Waals surface area contributed by atoms with Gasteiger partial charge in [0.05, 0.1) is 17.3 Å². The highest BCUT2D eigenvalue weighted by atomic mass is 35.5. The number of pyridine rings is 1. The molecule has 3 heterocycles. The van der Waals surface area contributed by atoms with Crippen molar-refractivity contribution in [1.29, 1.82) is 0 Å². The third-order valence-corrected chi connectivity index (χ3v) is 7.40. The van der Waals surface area contributed by atoms with Gasteiger partial charge >= 0.3 is 5.97 Å². The second-order valence-electron chi connectivity index (χ2n) is 8.40. The molecule has 7 nitrogen and oxygen atoms in total. The number of aromatic nitrogens is 2. The lowest BCUT2D eigenvalue weighted by molar-refractivity contribution is 0.0697. The summed E-state index contributed by atoms with van der Waals surface area (Å²) in [5.41, 5.74) is 2.51. The molecule has 4 rings (SSSR count). The molecule has 0 atom stereocenters. The molecule has 0 saturated carbocycles. The van der Waals surface area contributed by atoms with Gasteiger partial charge in [0.25, 0.3) is 0 Å². The molecule has 3 aromatic heterocycles. The van der Waals surface area contributed by atoms with Gasteiger partial charge in [0.1, 0.15) is 23.7 Å². The quantitative estimate of drug-likeness (QED) is 0.192. The maximum absolute atomic E-state index is 12.0. The Hall–Kier alpha value is -2.98. The molecule has 0 unspecified atom stereocenters. The van der Waals surface area contributed by atoms with E-state index in [2.05, 4.69) is 24.1 Å². The molecule has 0 fully saturated rings. The SMILES string of the molecule is COCCOc1ccc(-c2nc(Nc3ncc(-c4cccs4)cc3C(=O)O)sc2CC(C)C)cc1Cl. The van der Waals surface area contributed by atoms with E-state index in [1.807, 2.05) is 35.7 Å². The van der Waals surface area contributed by atoms with Crippen molar-refractivity contribution >= 4 is 51.2 Å². The van der Waals surface area contributed by atoms with Crippen LogP contribution in [0.2, 0.25) is 5.02 Å². The molecule has 2 N–H and O–H groups in total. The predicted octanol–water partition coefficient (Wildman–Crippen LogP) is 7.25. The van der Waals surface area contributed by atoms with Crippen molar-refractivity contribution in [1.82, 2.24) is 9.97 Å². The van der Waals surface area contributed by atoms with Gasteiger partial charge in [-0.2, -0.15) is 0 Å². The van der Waals surface area contributed by atoms with Crippen molar-refractivity contribution in [3.05, 3.63) is 63.4 Å². The first-order valence-corrected chi connectivity index (χ1v) is 13.4. The fourth-order valence-corrected chi connectivity index (χ4v) is 5.68. The van der Waals surface area contributed by atoms with Gasteiger partial charge < -0.3 is 19.9 Å². The number of thiazole rings is 1. The van der Waals surface area contributed by atoms with Crippen LogP contribution < -0.4 is 10.1 Å². The van der Waals surface area contributed by atoms with Crippen LogP contribution in [0.3, 0.4) is 0 Å². The highest BCUT2D eigenvalue weighted by Gasteiger charge is 2.19. The number of anilines is 2. The van der Waals surface area contributed by atoms with Gasteiger partial charge in [0.2, 0.25) is 0 Å². The summed E-state index contributed by atoms with van der Waals surface area (Å²) < 4.78 is 10.7. The average Bonchev–Trinajstić information content (AvgIpc) is 3.50. The van der Waals surface area contributed by atoms with Gasteiger partial charge in [-0.25, -0.2) is 14.8 Å². The third-order valence-electron chi connectivity index (χ3n) is 5.19.